The van der Waals surface area contributed by atoms with E-state index in [2.05, 4.69) is 11.2 Å². The summed E-state index contributed by atoms with van der Waals surface area (Å²) in [6.07, 6.45) is 0. The number of fused-ring (bicyclic) bond motifs is 2. The molecule has 0 atom stereocenters. The molecule has 8 nitrogen and oxygen atoms in total. The Hall–Kier alpha value is -6.54. The fraction of sp³-hybridized carbons (Fsp3) is 0.0732. The highest BCUT2D eigenvalue weighted by Crippen LogP contribution is 2.25. The van der Waals surface area contributed by atoms with Crippen molar-refractivity contribution in [2.24, 2.45) is 7.05 Å². The SMILES string of the molecule is Cc1cc(C)c2c(c1)nn(-c1ccccc1)c(=O)[n+]2C.O=c1n(-c2ccccc2)nc2cccc(-c3ccccc3)c2[n+]1-c1ccccc1. The van der Waals surface area contributed by atoms with E-state index in [1.165, 1.54) is 9.36 Å². The molecule has 2 aromatic heterocycles. The highest BCUT2D eigenvalue weighted by atomic mass is 16.2. The molecule has 0 aliphatic heterocycles. The molecule has 8 aromatic rings. The average Bonchev–Trinajstić information content (AvgIpc) is 3.14. The Labute approximate surface area is 283 Å². The van der Waals surface area contributed by atoms with Gasteiger partial charge in [-0.3, -0.25) is 0 Å². The summed E-state index contributed by atoms with van der Waals surface area (Å²) >= 11 is 0. The lowest BCUT2D eigenvalue weighted by Gasteiger charge is -2.10. The lowest BCUT2D eigenvalue weighted by Crippen LogP contribution is -2.53. The van der Waals surface area contributed by atoms with Gasteiger partial charge in [-0.2, -0.15) is 18.7 Å². The van der Waals surface area contributed by atoms with Gasteiger partial charge in [0.15, 0.2) is 33.4 Å². The van der Waals surface area contributed by atoms with Gasteiger partial charge in [-0.1, -0.05) is 117 Å². The summed E-state index contributed by atoms with van der Waals surface area (Å²) in [5.41, 5.74) is 9.42. The van der Waals surface area contributed by atoms with E-state index in [-0.39, 0.29) is 11.4 Å². The van der Waals surface area contributed by atoms with E-state index >= 15 is 0 Å². The van der Waals surface area contributed by atoms with E-state index in [1.54, 1.807) is 16.2 Å². The van der Waals surface area contributed by atoms with E-state index in [0.717, 1.165) is 61.4 Å². The standard InChI is InChI=1S/C25H18N3O.C16H16N3O/c29-25-27(20-13-6-2-7-14-20)24-22(19-11-4-1-5-12-19)17-10-18-23(24)26-28(25)21-15-8-3-9-16-21;1-11-9-12(2)15-14(10-11)17-19(16(20)18(15)3)13-7-5-4-6-8-13/h1-18H;4-10H,1-3H3/q2*+1. The molecular weight excluding hydrogens is 608 g/mol. The molecule has 0 amide bonds. The van der Waals surface area contributed by atoms with Crippen LogP contribution in [0.4, 0.5) is 0 Å². The minimum atomic E-state index is -0.210. The summed E-state index contributed by atoms with van der Waals surface area (Å²) in [6.45, 7) is 4.04. The molecule has 0 spiro atoms. The quantitative estimate of drug-likeness (QED) is 0.216. The topological polar surface area (TPSA) is 77.5 Å². The van der Waals surface area contributed by atoms with E-state index in [9.17, 15) is 9.59 Å². The molecule has 0 N–H and O–H groups in total. The summed E-state index contributed by atoms with van der Waals surface area (Å²) < 4.78 is 6.31. The molecule has 0 saturated carbocycles. The van der Waals surface area contributed by atoms with Gasteiger partial charge in [0.05, 0.1) is 7.05 Å². The molecule has 238 valence electrons. The number of rotatable bonds is 4. The van der Waals surface area contributed by atoms with Crippen LogP contribution in [0.25, 0.3) is 50.3 Å². The molecule has 0 bridgehead atoms. The molecule has 2 heterocycles. The normalized spacial score (nSPS) is 10.9. The fourth-order valence-electron chi connectivity index (χ4n) is 6.17. The van der Waals surface area contributed by atoms with Gasteiger partial charge in [-0.25, -0.2) is 0 Å². The van der Waals surface area contributed by atoms with Crippen LogP contribution < -0.4 is 20.5 Å². The van der Waals surface area contributed by atoms with Crippen molar-refractivity contribution in [1.82, 2.24) is 19.6 Å². The molecule has 8 rings (SSSR count). The highest BCUT2D eigenvalue weighted by Gasteiger charge is 2.24. The van der Waals surface area contributed by atoms with Gasteiger partial charge in [0.25, 0.3) is 0 Å². The molecule has 0 aliphatic carbocycles. The number of nitrogens with zero attached hydrogens (tertiary/aromatic N) is 6. The van der Waals surface area contributed by atoms with Crippen molar-refractivity contribution in [2.45, 2.75) is 13.8 Å². The minimum Gasteiger partial charge on any atom is -0.194 e. The van der Waals surface area contributed by atoms with Crippen LogP contribution in [0, 0.1) is 13.8 Å². The Bertz CT molecular complexity index is 2550. The van der Waals surface area contributed by atoms with E-state index < -0.39 is 0 Å². The molecule has 0 radical (unpaired) electrons. The van der Waals surface area contributed by atoms with Crippen molar-refractivity contribution in [3.63, 3.8) is 0 Å². The van der Waals surface area contributed by atoms with Crippen molar-refractivity contribution < 1.29 is 9.13 Å². The van der Waals surface area contributed by atoms with Gasteiger partial charge in [-0.15, -0.1) is 0 Å². The number of aromatic nitrogens is 6. The monoisotopic (exact) mass is 642 g/mol. The molecule has 8 heteroatoms. The Kier molecular flexibility index (Phi) is 8.43. The lowest BCUT2D eigenvalue weighted by molar-refractivity contribution is -0.665. The van der Waals surface area contributed by atoms with Gasteiger partial charge in [0, 0.05) is 5.56 Å². The van der Waals surface area contributed by atoms with E-state index in [4.69, 9.17) is 5.10 Å². The van der Waals surface area contributed by atoms with Crippen LogP contribution in [0.15, 0.2) is 161 Å². The van der Waals surface area contributed by atoms with Crippen LogP contribution in [0.5, 0.6) is 0 Å². The van der Waals surface area contributed by atoms with Crippen LogP contribution in [0.3, 0.4) is 0 Å². The molecule has 0 saturated heterocycles. The van der Waals surface area contributed by atoms with Crippen LogP contribution in [-0.4, -0.2) is 19.6 Å². The molecule has 6 aromatic carbocycles. The first kappa shape index (κ1) is 31.1. The third kappa shape index (κ3) is 6.03. The van der Waals surface area contributed by atoms with E-state index in [0.29, 0.717) is 0 Å². The summed E-state index contributed by atoms with van der Waals surface area (Å²) in [7, 11) is 1.79. The second-order valence-corrected chi connectivity index (χ2v) is 11.8. The molecule has 0 aliphatic rings. The summed E-state index contributed by atoms with van der Waals surface area (Å²) in [5, 5.41) is 9.21. The second-order valence-electron chi connectivity index (χ2n) is 11.8. The lowest BCUT2D eigenvalue weighted by atomic mass is 10.0. The Balaban J connectivity index is 0.000000166. The third-order valence-corrected chi connectivity index (χ3v) is 8.36. The van der Waals surface area contributed by atoms with Crippen LogP contribution in [0.2, 0.25) is 0 Å². The maximum Gasteiger partial charge on any atom is 0.529 e. The van der Waals surface area contributed by atoms with Crippen molar-refractivity contribution in [3.8, 4) is 28.2 Å². The predicted octanol–water partition coefficient (Wildman–Crippen LogP) is 6.16. The van der Waals surface area contributed by atoms with Crippen LogP contribution in [0.1, 0.15) is 11.1 Å². The maximum absolute atomic E-state index is 13.6. The Morgan fingerprint density at radius 2 is 1.06 bits per heavy atom. The average molecular weight is 643 g/mol. The van der Waals surface area contributed by atoms with Gasteiger partial charge < -0.3 is 0 Å². The first-order valence-corrected chi connectivity index (χ1v) is 16.0. The summed E-state index contributed by atoms with van der Waals surface area (Å²) in [5.74, 6) is 0. The Morgan fingerprint density at radius 1 is 0.531 bits per heavy atom. The van der Waals surface area contributed by atoms with Gasteiger partial charge in [0.1, 0.15) is 5.69 Å². The molecule has 0 unspecified atom stereocenters. The number of benzene rings is 6. The molecule has 49 heavy (non-hydrogen) atoms. The molecular formula is C41H34N6O2+2. The van der Waals surface area contributed by atoms with Crippen molar-refractivity contribution >= 4 is 22.1 Å². The number of aryl methyl sites for hydroxylation is 3. The largest absolute Gasteiger partial charge is 0.529 e. The zero-order valence-corrected chi connectivity index (χ0v) is 27.4. The van der Waals surface area contributed by atoms with Crippen molar-refractivity contribution in [1.29, 1.82) is 0 Å². The smallest absolute Gasteiger partial charge is 0.194 e. The van der Waals surface area contributed by atoms with Crippen LogP contribution >= 0.6 is 0 Å². The van der Waals surface area contributed by atoms with Gasteiger partial charge >= 0.3 is 11.4 Å². The van der Waals surface area contributed by atoms with Gasteiger partial charge in [-0.05, 0) is 85.1 Å². The second kappa shape index (κ2) is 13.3. The highest BCUT2D eigenvalue weighted by molar-refractivity contribution is 5.89. The number of para-hydroxylation sites is 4. The fourth-order valence-corrected chi connectivity index (χ4v) is 6.17. The maximum atomic E-state index is 13.6. The Morgan fingerprint density at radius 3 is 1.67 bits per heavy atom. The van der Waals surface area contributed by atoms with Crippen molar-refractivity contribution in [2.75, 3.05) is 0 Å². The zero-order chi connectivity index (χ0) is 33.9. The van der Waals surface area contributed by atoms with E-state index in [1.807, 2.05) is 159 Å². The third-order valence-electron chi connectivity index (χ3n) is 8.36. The minimum absolute atomic E-state index is 0.143. The first-order valence-electron chi connectivity index (χ1n) is 16.0. The summed E-state index contributed by atoms with van der Waals surface area (Å²) in [4.78, 5) is 26.1. The number of hydrogen-bond acceptors (Lipinski definition) is 4. The zero-order valence-electron chi connectivity index (χ0n) is 27.4. The van der Waals surface area contributed by atoms with Crippen molar-refractivity contribution in [3.05, 3.63) is 184 Å². The van der Waals surface area contributed by atoms with Crippen LogP contribution in [-0.2, 0) is 7.05 Å². The molecule has 0 fully saturated rings. The first-order chi connectivity index (χ1) is 23.9. The number of hydrogen-bond donors (Lipinski definition) is 0. The predicted molar refractivity (Wildman–Crippen MR) is 192 cm³/mol. The summed E-state index contributed by atoms with van der Waals surface area (Å²) in [6, 6.07) is 48.8. The van der Waals surface area contributed by atoms with Gasteiger partial charge in [0.2, 0.25) is 0 Å².